The van der Waals surface area contributed by atoms with Gasteiger partial charge in [0.15, 0.2) is 0 Å². The molecule has 2 fully saturated rings. The maximum Gasteiger partial charge on any atom is 0.321 e. The van der Waals surface area contributed by atoms with E-state index in [4.69, 9.17) is 27.9 Å². The molecule has 0 spiro atoms. The number of rotatable bonds is 8. The Hall–Kier alpha value is -1.99. The Morgan fingerprint density at radius 2 is 1.71 bits per heavy atom. The molecular formula is C26H32Cl2N2O4. The zero-order valence-corrected chi connectivity index (χ0v) is 20.7. The second kappa shape index (κ2) is 11.6. The summed E-state index contributed by atoms with van der Waals surface area (Å²) in [6, 6.07) is 11.8. The van der Waals surface area contributed by atoms with Gasteiger partial charge in [-0.1, -0.05) is 41.4 Å². The molecule has 0 amide bonds. The van der Waals surface area contributed by atoms with Gasteiger partial charge in [-0.05, 0) is 68.5 Å². The predicted octanol–water partition coefficient (Wildman–Crippen LogP) is 4.95. The first-order valence-corrected chi connectivity index (χ1v) is 12.7. The van der Waals surface area contributed by atoms with Crippen LogP contribution in [0.5, 0.6) is 11.5 Å². The number of hydrogen-bond donors (Lipinski definition) is 2. The van der Waals surface area contributed by atoms with E-state index in [1.807, 2.05) is 12.1 Å². The molecule has 0 bridgehead atoms. The summed E-state index contributed by atoms with van der Waals surface area (Å²) in [5.41, 5.74) is 0.683. The van der Waals surface area contributed by atoms with Crippen LogP contribution in [0.25, 0.3) is 0 Å². The van der Waals surface area contributed by atoms with E-state index >= 15 is 0 Å². The summed E-state index contributed by atoms with van der Waals surface area (Å²) in [7, 11) is 0. The van der Waals surface area contributed by atoms with E-state index in [0.29, 0.717) is 27.9 Å². The number of aromatic hydroxyl groups is 1. The quantitative estimate of drug-likeness (QED) is 0.527. The predicted molar refractivity (Wildman–Crippen MR) is 134 cm³/mol. The monoisotopic (exact) mass is 506 g/mol. The smallest absolute Gasteiger partial charge is 0.321 e. The van der Waals surface area contributed by atoms with Gasteiger partial charge in [0.25, 0.3) is 0 Å². The Labute approximate surface area is 211 Å². The number of halogens is 2. The van der Waals surface area contributed by atoms with Crippen LogP contribution in [0.2, 0.25) is 10.0 Å². The molecule has 2 heterocycles. The number of carboxylic acids is 1. The highest BCUT2D eigenvalue weighted by Crippen LogP contribution is 2.29. The van der Waals surface area contributed by atoms with E-state index in [9.17, 15) is 15.0 Å². The number of aliphatic carboxylic acids is 1. The molecule has 8 heteroatoms. The SMILES string of the molecule is O=C(O)C(Cc1ccccc1O)N1CCC(CN2CCC(Oc3ccc(Cl)c(Cl)c3)CC2)CC1. The second-order valence-electron chi connectivity index (χ2n) is 9.36. The number of phenols is 1. The van der Waals surface area contributed by atoms with Gasteiger partial charge in [0.1, 0.15) is 23.6 Å². The molecule has 0 radical (unpaired) electrons. The summed E-state index contributed by atoms with van der Waals surface area (Å²) < 4.78 is 6.10. The topological polar surface area (TPSA) is 73.2 Å². The van der Waals surface area contributed by atoms with Gasteiger partial charge in [-0.3, -0.25) is 9.69 Å². The Morgan fingerprint density at radius 1 is 1.00 bits per heavy atom. The lowest BCUT2D eigenvalue weighted by molar-refractivity contribution is -0.144. The lowest BCUT2D eigenvalue weighted by Gasteiger charge is -2.39. The van der Waals surface area contributed by atoms with E-state index in [2.05, 4.69) is 9.80 Å². The average Bonchev–Trinajstić information content (AvgIpc) is 2.83. The molecule has 34 heavy (non-hydrogen) atoms. The summed E-state index contributed by atoms with van der Waals surface area (Å²) in [5.74, 6) is 0.668. The first kappa shape index (κ1) is 25.1. The number of carbonyl (C=O) groups is 1. The lowest BCUT2D eigenvalue weighted by Crippen LogP contribution is -2.48. The average molecular weight is 507 g/mol. The number of likely N-dealkylation sites (tertiary alicyclic amines) is 2. The fraction of sp³-hybridized carbons (Fsp3) is 0.500. The van der Waals surface area contributed by atoms with Gasteiger partial charge >= 0.3 is 5.97 Å². The van der Waals surface area contributed by atoms with Crippen molar-refractivity contribution >= 4 is 29.2 Å². The second-order valence-corrected chi connectivity index (χ2v) is 10.2. The molecule has 1 unspecified atom stereocenters. The van der Waals surface area contributed by atoms with Gasteiger partial charge in [-0.15, -0.1) is 0 Å². The van der Waals surface area contributed by atoms with Crippen LogP contribution in [0.1, 0.15) is 31.2 Å². The first-order chi connectivity index (χ1) is 16.4. The number of para-hydroxylation sites is 1. The zero-order valence-electron chi connectivity index (χ0n) is 19.2. The van der Waals surface area contributed by atoms with Crippen molar-refractivity contribution in [2.75, 3.05) is 32.7 Å². The molecule has 2 saturated heterocycles. The Bertz CT molecular complexity index is 973. The summed E-state index contributed by atoms with van der Waals surface area (Å²) in [6.45, 7) is 4.58. The zero-order chi connectivity index (χ0) is 24.1. The van der Waals surface area contributed by atoms with Crippen molar-refractivity contribution in [1.29, 1.82) is 0 Å². The fourth-order valence-electron chi connectivity index (χ4n) is 5.03. The molecule has 184 valence electrons. The molecule has 2 aromatic rings. The number of hydrogen-bond acceptors (Lipinski definition) is 5. The maximum absolute atomic E-state index is 12.0. The van der Waals surface area contributed by atoms with Crippen LogP contribution in [0.4, 0.5) is 0 Å². The van der Waals surface area contributed by atoms with Crippen LogP contribution in [0.15, 0.2) is 42.5 Å². The van der Waals surface area contributed by atoms with Gasteiger partial charge in [0, 0.05) is 32.1 Å². The lowest BCUT2D eigenvalue weighted by atomic mass is 9.93. The molecule has 2 N–H and O–H groups in total. The van der Waals surface area contributed by atoms with Crippen LogP contribution < -0.4 is 4.74 Å². The van der Waals surface area contributed by atoms with Crippen LogP contribution in [0.3, 0.4) is 0 Å². The van der Waals surface area contributed by atoms with Gasteiger partial charge in [0.05, 0.1) is 10.0 Å². The van der Waals surface area contributed by atoms with Crippen LogP contribution in [-0.4, -0.2) is 70.9 Å². The van der Waals surface area contributed by atoms with Crippen molar-refractivity contribution in [1.82, 2.24) is 9.80 Å². The van der Waals surface area contributed by atoms with Crippen molar-refractivity contribution < 1.29 is 19.7 Å². The Kier molecular flexibility index (Phi) is 8.59. The summed E-state index contributed by atoms with van der Waals surface area (Å²) in [4.78, 5) is 16.5. The van der Waals surface area contributed by atoms with Crippen LogP contribution >= 0.6 is 23.2 Å². The van der Waals surface area contributed by atoms with E-state index < -0.39 is 12.0 Å². The molecular weight excluding hydrogens is 475 g/mol. The van der Waals surface area contributed by atoms with Gasteiger partial charge < -0.3 is 19.8 Å². The molecule has 2 aliphatic heterocycles. The summed E-state index contributed by atoms with van der Waals surface area (Å²) >= 11 is 12.1. The highest BCUT2D eigenvalue weighted by Gasteiger charge is 2.31. The third-order valence-electron chi connectivity index (χ3n) is 7.02. The molecule has 0 aromatic heterocycles. The molecule has 4 rings (SSSR count). The Balaban J connectivity index is 1.21. The number of phenolic OH excluding ortho intramolecular Hbond substituents is 1. The number of benzene rings is 2. The normalized spacial score (nSPS) is 19.7. The van der Waals surface area contributed by atoms with Crippen molar-refractivity contribution in [3.05, 3.63) is 58.1 Å². The summed E-state index contributed by atoms with van der Waals surface area (Å²) in [6.07, 6.45) is 4.43. The minimum absolute atomic E-state index is 0.162. The third-order valence-corrected chi connectivity index (χ3v) is 7.76. The van der Waals surface area contributed by atoms with Gasteiger partial charge in [0.2, 0.25) is 0 Å². The van der Waals surface area contributed by atoms with Crippen molar-refractivity contribution in [3.63, 3.8) is 0 Å². The van der Waals surface area contributed by atoms with Gasteiger partial charge in [-0.2, -0.15) is 0 Å². The van der Waals surface area contributed by atoms with Crippen LogP contribution in [-0.2, 0) is 11.2 Å². The molecule has 0 aliphatic carbocycles. The fourth-order valence-corrected chi connectivity index (χ4v) is 5.32. The van der Waals surface area contributed by atoms with Gasteiger partial charge in [-0.25, -0.2) is 0 Å². The molecule has 1 atom stereocenters. The minimum Gasteiger partial charge on any atom is -0.508 e. The van der Waals surface area contributed by atoms with E-state index in [1.165, 1.54) is 0 Å². The largest absolute Gasteiger partial charge is 0.508 e. The molecule has 0 saturated carbocycles. The third kappa shape index (κ3) is 6.57. The molecule has 2 aliphatic rings. The minimum atomic E-state index is -0.828. The number of carboxylic acid groups (broad SMARTS) is 1. The maximum atomic E-state index is 12.0. The van der Waals surface area contributed by atoms with Crippen LogP contribution in [0, 0.1) is 5.92 Å². The first-order valence-electron chi connectivity index (χ1n) is 12.0. The van der Waals surface area contributed by atoms with E-state index in [0.717, 1.165) is 64.2 Å². The number of piperidine rings is 2. The van der Waals surface area contributed by atoms with E-state index in [1.54, 1.807) is 30.3 Å². The van der Waals surface area contributed by atoms with E-state index in [-0.39, 0.29) is 11.9 Å². The van der Waals surface area contributed by atoms with Crippen molar-refractivity contribution in [3.8, 4) is 11.5 Å². The molecule has 2 aromatic carbocycles. The standard InChI is InChI=1S/C26H32Cl2N2O4/c27-22-6-5-21(16-23(22)28)34-20-9-11-29(12-10-20)17-18-7-13-30(14-8-18)24(26(32)33)15-19-3-1-2-4-25(19)31/h1-6,16,18,20,24,31H,7-15,17H2,(H,32,33). The highest BCUT2D eigenvalue weighted by atomic mass is 35.5. The highest BCUT2D eigenvalue weighted by molar-refractivity contribution is 6.42. The Morgan fingerprint density at radius 3 is 2.35 bits per heavy atom. The van der Waals surface area contributed by atoms with Crippen molar-refractivity contribution in [2.24, 2.45) is 5.92 Å². The number of nitrogens with zero attached hydrogens (tertiary/aromatic N) is 2. The number of ether oxygens (including phenoxy) is 1. The summed E-state index contributed by atoms with van der Waals surface area (Å²) in [5, 5.41) is 20.9. The molecule has 6 nitrogen and oxygen atoms in total. The van der Waals surface area contributed by atoms with Crippen molar-refractivity contribution in [2.45, 2.75) is 44.2 Å².